The van der Waals surface area contributed by atoms with Crippen molar-refractivity contribution in [1.29, 1.82) is 0 Å². The standard InChI is InChI=1S/C12H14O3/c1-4-10-7-8(2)5-6-11(10)12(14)15-9(3)13/h5-7H,4H2,1-3H3. The van der Waals surface area contributed by atoms with Gasteiger partial charge in [-0.1, -0.05) is 24.6 Å². The first kappa shape index (κ1) is 11.4. The van der Waals surface area contributed by atoms with Crippen LogP contribution in [0.15, 0.2) is 18.2 Å². The van der Waals surface area contributed by atoms with E-state index in [4.69, 9.17) is 0 Å². The topological polar surface area (TPSA) is 43.4 Å². The van der Waals surface area contributed by atoms with E-state index in [2.05, 4.69) is 4.74 Å². The van der Waals surface area contributed by atoms with E-state index in [1.54, 1.807) is 6.07 Å². The molecule has 0 saturated heterocycles. The Kier molecular flexibility index (Phi) is 3.61. The third-order valence-electron chi connectivity index (χ3n) is 2.10. The Hall–Kier alpha value is -1.64. The lowest BCUT2D eigenvalue weighted by Crippen LogP contribution is -2.11. The van der Waals surface area contributed by atoms with E-state index in [1.807, 2.05) is 26.0 Å². The van der Waals surface area contributed by atoms with Crippen molar-refractivity contribution in [1.82, 2.24) is 0 Å². The summed E-state index contributed by atoms with van der Waals surface area (Å²) in [6, 6.07) is 5.45. The highest BCUT2D eigenvalue weighted by molar-refractivity contribution is 5.97. The Morgan fingerprint density at radius 2 is 2.00 bits per heavy atom. The van der Waals surface area contributed by atoms with Crippen molar-refractivity contribution < 1.29 is 14.3 Å². The van der Waals surface area contributed by atoms with Gasteiger partial charge in [-0.15, -0.1) is 0 Å². The molecule has 0 N–H and O–H groups in total. The van der Waals surface area contributed by atoms with Gasteiger partial charge >= 0.3 is 11.9 Å². The normalized spacial score (nSPS) is 9.80. The summed E-state index contributed by atoms with van der Waals surface area (Å²) < 4.78 is 4.54. The third-order valence-corrected chi connectivity index (χ3v) is 2.10. The van der Waals surface area contributed by atoms with Crippen LogP contribution in [0.4, 0.5) is 0 Å². The van der Waals surface area contributed by atoms with Crippen LogP contribution in [0.2, 0.25) is 0 Å². The number of benzene rings is 1. The highest BCUT2D eigenvalue weighted by Gasteiger charge is 2.13. The van der Waals surface area contributed by atoms with Crippen LogP contribution >= 0.6 is 0 Å². The first-order chi connectivity index (χ1) is 7.04. The molecule has 1 aromatic rings. The highest BCUT2D eigenvalue weighted by Crippen LogP contribution is 2.13. The van der Waals surface area contributed by atoms with Gasteiger partial charge in [0.15, 0.2) is 0 Å². The SMILES string of the molecule is CCc1cc(C)ccc1C(=O)OC(C)=O. The summed E-state index contributed by atoms with van der Waals surface area (Å²) in [7, 11) is 0. The molecule has 0 aliphatic heterocycles. The van der Waals surface area contributed by atoms with E-state index >= 15 is 0 Å². The smallest absolute Gasteiger partial charge is 0.346 e. The number of rotatable bonds is 2. The predicted octanol–water partition coefficient (Wildman–Crippen LogP) is 2.26. The maximum absolute atomic E-state index is 11.5. The molecule has 0 radical (unpaired) electrons. The monoisotopic (exact) mass is 206 g/mol. The molecule has 3 nitrogen and oxygen atoms in total. The van der Waals surface area contributed by atoms with Gasteiger partial charge in [0.25, 0.3) is 0 Å². The molecule has 0 unspecified atom stereocenters. The van der Waals surface area contributed by atoms with Crippen molar-refractivity contribution in [3.63, 3.8) is 0 Å². The van der Waals surface area contributed by atoms with Crippen LogP contribution in [0.25, 0.3) is 0 Å². The second-order valence-corrected chi connectivity index (χ2v) is 3.40. The van der Waals surface area contributed by atoms with Crippen molar-refractivity contribution in [2.45, 2.75) is 27.2 Å². The maximum Gasteiger partial charge on any atom is 0.346 e. The van der Waals surface area contributed by atoms with E-state index in [0.29, 0.717) is 5.56 Å². The minimum atomic E-state index is -0.581. The van der Waals surface area contributed by atoms with E-state index < -0.39 is 11.9 Å². The lowest BCUT2D eigenvalue weighted by atomic mass is 10.0. The molecule has 0 aliphatic rings. The fourth-order valence-corrected chi connectivity index (χ4v) is 1.40. The van der Waals surface area contributed by atoms with Gasteiger partial charge in [-0.3, -0.25) is 4.79 Å². The van der Waals surface area contributed by atoms with E-state index in [9.17, 15) is 9.59 Å². The van der Waals surface area contributed by atoms with Crippen LogP contribution in [0.5, 0.6) is 0 Å². The molecule has 0 aromatic heterocycles. The molecule has 0 amide bonds. The molecule has 15 heavy (non-hydrogen) atoms. The van der Waals surface area contributed by atoms with Gasteiger partial charge in [0, 0.05) is 6.92 Å². The minimum Gasteiger partial charge on any atom is -0.390 e. The predicted molar refractivity (Wildman–Crippen MR) is 56.7 cm³/mol. The van der Waals surface area contributed by atoms with Gasteiger partial charge in [-0.05, 0) is 25.0 Å². The Labute approximate surface area is 89.1 Å². The average molecular weight is 206 g/mol. The lowest BCUT2D eigenvalue weighted by molar-refractivity contribution is -0.135. The molecule has 0 bridgehead atoms. The van der Waals surface area contributed by atoms with Gasteiger partial charge < -0.3 is 4.74 Å². The summed E-state index contributed by atoms with van der Waals surface area (Å²) in [6.07, 6.45) is 0.740. The van der Waals surface area contributed by atoms with Crippen molar-refractivity contribution in [3.8, 4) is 0 Å². The van der Waals surface area contributed by atoms with Gasteiger partial charge in [0.2, 0.25) is 0 Å². The van der Waals surface area contributed by atoms with E-state index in [1.165, 1.54) is 6.92 Å². The zero-order valence-corrected chi connectivity index (χ0v) is 9.16. The number of hydrogen-bond donors (Lipinski definition) is 0. The number of hydrogen-bond acceptors (Lipinski definition) is 3. The molecule has 0 spiro atoms. The number of ether oxygens (including phenoxy) is 1. The fourth-order valence-electron chi connectivity index (χ4n) is 1.40. The summed E-state index contributed by atoms with van der Waals surface area (Å²) in [6.45, 7) is 5.14. The van der Waals surface area contributed by atoms with Crippen LogP contribution in [-0.4, -0.2) is 11.9 Å². The number of carbonyl (C=O) groups excluding carboxylic acids is 2. The van der Waals surface area contributed by atoms with Crippen LogP contribution < -0.4 is 0 Å². The Morgan fingerprint density at radius 3 is 2.53 bits per heavy atom. The molecular weight excluding hydrogens is 192 g/mol. The fraction of sp³-hybridized carbons (Fsp3) is 0.333. The Morgan fingerprint density at radius 1 is 1.33 bits per heavy atom. The number of carbonyl (C=O) groups is 2. The largest absolute Gasteiger partial charge is 0.390 e. The summed E-state index contributed by atoms with van der Waals surface area (Å²) in [5.74, 6) is -1.15. The summed E-state index contributed by atoms with van der Waals surface area (Å²) >= 11 is 0. The van der Waals surface area contributed by atoms with Gasteiger partial charge in [-0.2, -0.15) is 0 Å². The van der Waals surface area contributed by atoms with Crippen molar-refractivity contribution in [3.05, 3.63) is 34.9 Å². The van der Waals surface area contributed by atoms with Crippen LogP contribution in [-0.2, 0) is 16.0 Å². The van der Waals surface area contributed by atoms with Gasteiger partial charge in [0.05, 0.1) is 5.56 Å². The summed E-state index contributed by atoms with van der Waals surface area (Å²) in [4.78, 5) is 22.2. The van der Waals surface area contributed by atoms with Gasteiger partial charge in [0.1, 0.15) is 0 Å². The summed E-state index contributed by atoms with van der Waals surface area (Å²) in [5.41, 5.74) is 2.46. The minimum absolute atomic E-state index is 0.471. The molecular formula is C12H14O3. The van der Waals surface area contributed by atoms with E-state index in [-0.39, 0.29) is 0 Å². The third kappa shape index (κ3) is 2.91. The molecule has 1 rings (SSSR count). The molecule has 80 valence electrons. The molecule has 3 heteroatoms. The molecule has 0 atom stereocenters. The van der Waals surface area contributed by atoms with Crippen molar-refractivity contribution >= 4 is 11.9 Å². The molecule has 0 fully saturated rings. The quantitative estimate of drug-likeness (QED) is 0.550. The second kappa shape index (κ2) is 4.73. The second-order valence-electron chi connectivity index (χ2n) is 3.40. The Bertz CT molecular complexity index is 394. The first-order valence-electron chi connectivity index (χ1n) is 4.87. The highest BCUT2D eigenvalue weighted by atomic mass is 16.6. The first-order valence-corrected chi connectivity index (χ1v) is 4.87. The molecule has 1 aromatic carbocycles. The average Bonchev–Trinajstić information content (AvgIpc) is 2.16. The van der Waals surface area contributed by atoms with Crippen LogP contribution in [0.1, 0.15) is 35.3 Å². The molecule has 0 heterocycles. The molecule has 0 aliphatic carbocycles. The zero-order valence-electron chi connectivity index (χ0n) is 9.16. The van der Waals surface area contributed by atoms with Crippen molar-refractivity contribution in [2.24, 2.45) is 0 Å². The van der Waals surface area contributed by atoms with Crippen LogP contribution in [0.3, 0.4) is 0 Å². The molecule has 0 saturated carbocycles. The summed E-state index contributed by atoms with van der Waals surface area (Å²) in [5, 5.41) is 0. The zero-order chi connectivity index (χ0) is 11.4. The number of aryl methyl sites for hydroxylation is 2. The van der Waals surface area contributed by atoms with Crippen LogP contribution in [0, 0.1) is 6.92 Å². The lowest BCUT2D eigenvalue weighted by Gasteiger charge is -2.06. The van der Waals surface area contributed by atoms with Crippen molar-refractivity contribution in [2.75, 3.05) is 0 Å². The van der Waals surface area contributed by atoms with E-state index in [0.717, 1.165) is 17.5 Å². The Balaban J connectivity index is 3.02. The maximum atomic E-state index is 11.5. The van der Waals surface area contributed by atoms with Gasteiger partial charge in [-0.25, -0.2) is 4.79 Å². The number of esters is 2.